The van der Waals surface area contributed by atoms with Crippen molar-refractivity contribution in [3.05, 3.63) is 75.2 Å². The maximum absolute atomic E-state index is 12.2. The maximum atomic E-state index is 12.2. The number of ether oxygens (including phenoxy) is 2. The minimum Gasteiger partial charge on any atom is -0.482 e. The summed E-state index contributed by atoms with van der Waals surface area (Å²) in [7, 11) is 0. The number of amides is 1. The Morgan fingerprint density at radius 2 is 1.83 bits per heavy atom. The number of nitrogens with zero attached hydrogens (tertiary/aromatic N) is 1. The van der Waals surface area contributed by atoms with Gasteiger partial charge < -0.3 is 14.8 Å². The van der Waals surface area contributed by atoms with Crippen molar-refractivity contribution in [3.8, 4) is 5.75 Å². The number of carbonyl (C=O) groups excluding carboxylic acids is 2. The van der Waals surface area contributed by atoms with E-state index >= 15 is 0 Å². The molecule has 0 saturated carbocycles. The molecule has 3 aromatic rings. The minimum absolute atomic E-state index is 0.0467. The highest BCUT2D eigenvalue weighted by atomic mass is 32.1. The summed E-state index contributed by atoms with van der Waals surface area (Å²) in [6.45, 7) is 5.82. The topological polar surface area (TPSA) is 77.5 Å². The second kappa shape index (κ2) is 10.0. The highest BCUT2D eigenvalue weighted by molar-refractivity contribution is 7.09. The lowest BCUT2D eigenvalue weighted by Crippen LogP contribution is -2.16. The van der Waals surface area contributed by atoms with E-state index < -0.39 is 5.97 Å². The van der Waals surface area contributed by atoms with Crippen molar-refractivity contribution in [3.63, 3.8) is 0 Å². The fraction of sp³-hybridized carbons (Fsp3) is 0.261. The molecule has 0 radical (unpaired) electrons. The van der Waals surface area contributed by atoms with E-state index in [1.807, 2.05) is 63.2 Å². The molecule has 0 aliphatic heterocycles. The molecule has 0 bridgehead atoms. The number of para-hydroxylation sites is 1. The second-order valence-corrected chi connectivity index (χ2v) is 7.91. The molecule has 0 fully saturated rings. The molecule has 30 heavy (non-hydrogen) atoms. The molecule has 1 heterocycles. The number of carbonyl (C=O) groups is 2. The molecule has 7 heteroatoms. The highest BCUT2D eigenvalue weighted by Crippen LogP contribution is 2.17. The lowest BCUT2D eigenvalue weighted by molar-refractivity contribution is -0.147. The van der Waals surface area contributed by atoms with Crippen LogP contribution >= 0.6 is 11.3 Å². The predicted octanol–water partition coefficient (Wildman–Crippen LogP) is 4.37. The molecule has 0 saturated heterocycles. The first-order chi connectivity index (χ1) is 14.4. The van der Waals surface area contributed by atoms with Gasteiger partial charge in [0.1, 0.15) is 17.4 Å². The van der Waals surface area contributed by atoms with E-state index in [9.17, 15) is 9.59 Å². The number of anilines is 1. The van der Waals surface area contributed by atoms with Gasteiger partial charge in [0, 0.05) is 11.1 Å². The Labute approximate surface area is 179 Å². The summed E-state index contributed by atoms with van der Waals surface area (Å²) >= 11 is 1.36. The Kier molecular flexibility index (Phi) is 7.19. The average molecular weight is 425 g/mol. The summed E-state index contributed by atoms with van der Waals surface area (Å²) in [5, 5.41) is 5.33. The number of aromatic nitrogens is 1. The van der Waals surface area contributed by atoms with E-state index in [0.29, 0.717) is 16.5 Å². The lowest BCUT2D eigenvalue weighted by atomic mass is 10.1. The van der Waals surface area contributed by atoms with Crippen molar-refractivity contribution in [2.75, 3.05) is 11.9 Å². The summed E-state index contributed by atoms with van der Waals surface area (Å²) < 4.78 is 10.7. The Balaban J connectivity index is 1.43. The van der Waals surface area contributed by atoms with Crippen molar-refractivity contribution in [1.82, 2.24) is 4.98 Å². The fourth-order valence-corrected chi connectivity index (χ4v) is 3.46. The van der Waals surface area contributed by atoms with Gasteiger partial charge in [0.2, 0.25) is 5.91 Å². The zero-order valence-corrected chi connectivity index (χ0v) is 18.0. The summed E-state index contributed by atoms with van der Waals surface area (Å²) in [6.07, 6.45) is 0.169. The summed E-state index contributed by atoms with van der Waals surface area (Å²) in [6, 6.07) is 13.3. The smallest absolute Gasteiger partial charge is 0.344 e. The summed E-state index contributed by atoms with van der Waals surface area (Å²) in [5.74, 6) is 0.0229. The van der Waals surface area contributed by atoms with E-state index in [4.69, 9.17) is 9.47 Å². The molecular weight excluding hydrogens is 400 g/mol. The number of hydrogen-bond donors (Lipinski definition) is 1. The van der Waals surface area contributed by atoms with Gasteiger partial charge in [0.15, 0.2) is 6.61 Å². The van der Waals surface area contributed by atoms with Gasteiger partial charge >= 0.3 is 5.97 Å². The van der Waals surface area contributed by atoms with Crippen molar-refractivity contribution in [1.29, 1.82) is 0 Å². The van der Waals surface area contributed by atoms with Crippen LogP contribution in [0, 0.1) is 20.8 Å². The van der Waals surface area contributed by atoms with Crippen LogP contribution in [0.3, 0.4) is 0 Å². The molecule has 1 N–H and O–H groups in total. The largest absolute Gasteiger partial charge is 0.482 e. The Morgan fingerprint density at radius 1 is 1.03 bits per heavy atom. The molecule has 0 atom stereocenters. The number of benzene rings is 2. The fourth-order valence-electron chi connectivity index (χ4n) is 2.68. The number of thiazole rings is 1. The molecule has 1 amide bonds. The number of nitrogens with one attached hydrogen (secondary N) is 1. The van der Waals surface area contributed by atoms with Gasteiger partial charge in [-0.2, -0.15) is 0 Å². The average Bonchev–Trinajstić information content (AvgIpc) is 3.16. The molecule has 6 nitrogen and oxygen atoms in total. The monoisotopic (exact) mass is 424 g/mol. The van der Waals surface area contributed by atoms with Crippen LogP contribution in [0.5, 0.6) is 5.75 Å². The van der Waals surface area contributed by atoms with Crippen molar-refractivity contribution >= 4 is 28.9 Å². The molecule has 2 aromatic carbocycles. The van der Waals surface area contributed by atoms with Gasteiger partial charge in [-0.25, -0.2) is 9.78 Å². The van der Waals surface area contributed by atoms with E-state index in [-0.39, 0.29) is 25.5 Å². The van der Waals surface area contributed by atoms with Crippen LogP contribution in [0.2, 0.25) is 0 Å². The van der Waals surface area contributed by atoms with Crippen LogP contribution in [-0.2, 0) is 27.4 Å². The Morgan fingerprint density at radius 3 is 2.60 bits per heavy atom. The molecule has 0 aliphatic carbocycles. The molecule has 1 aromatic heterocycles. The molecule has 0 unspecified atom stereocenters. The number of rotatable bonds is 8. The summed E-state index contributed by atoms with van der Waals surface area (Å²) in [4.78, 5) is 28.5. The van der Waals surface area contributed by atoms with Crippen LogP contribution in [0.1, 0.15) is 27.4 Å². The standard InChI is InChI=1S/C23H24N2O4S/c1-15-8-9-19(10-17(15)3)28-13-23(27)29-12-18-14-30-22(24-18)11-21(26)25-20-7-5-4-6-16(20)2/h4-10,14H,11-13H2,1-3H3,(H,25,26). The van der Waals surface area contributed by atoms with E-state index in [1.54, 1.807) is 5.38 Å². The zero-order chi connectivity index (χ0) is 21.5. The molecular formula is C23H24N2O4S. The van der Waals surface area contributed by atoms with E-state index in [2.05, 4.69) is 10.3 Å². The van der Waals surface area contributed by atoms with Crippen LogP contribution in [0.25, 0.3) is 0 Å². The zero-order valence-electron chi connectivity index (χ0n) is 17.2. The van der Waals surface area contributed by atoms with Crippen LogP contribution in [0.4, 0.5) is 5.69 Å². The predicted molar refractivity (Wildman–Crippen MR) is 117 cm³/mol. The van der Waals surface area contributed by atoms with Crippen molar-refractivity contribution in [2.24, 2.45) is 0 Å². The van der Waals surface area contributed by atoms with Crippen molar-refractivity contribution in [2.45, 2.75) is 33.8 Å². The third-order valence-electron chi connectivity index (χ3n) is 4.55. The Hall–Kier alpha value is -3.19. The number of esters is 1. The lowest BCUT2D eigenvalue weighted by Gasteiger charge is -2.08. The molecule has 0 aliphatic rings. The Bertz CT molecular complexity index is 1050. The number of hydrogen-bond acceptors (Lipinski definition) is 6. The number of aryl methyl sites for hydroxylation is 3. The van der Waals surface area contributed by atoms with Gasteiger partial charge in [-0.05, 0) is 55.7 Å². The van der Waals surface area contributed by atoms with Crippen LogP contribution in [0.15, 0.2) is 47.8 Å². The second-order valence-electron chi connectivity index (χ2n) is 6.97. The third kappa shape index (κ3) is 6.15. The van der Waals surface area contributed by atoms with Gasteiger partial charge in [-0.15, -0.1) is 11.3 Å². The summed E-state index contributed by atoms with van der Waals surface area (Å²) in [5.41, 5.74) is 4.66. The normalized spacial score (nSPS) is 10.5. The first-order valence-corrected chi connectivity index (χ1v) is 10.4. The minimum atomic E-state index is -0.472. The van der Waals surface area contributed by atoms with Crippen LogP contribution < -0.4 is 10.1 Å². The van der Waals surface area contributed by atoms with Gasteiger partial charge in [0.05, 0.1) is 12.1 Å². The maximum Gasteiger partial charge on any atom is 0.344 e. The molecule has 3 rings (SSSR count). The van der Waals surface area contributed by atoms with Gasteiger partial charge in [0.25, 0.3) is 0 Å². The molecule has 156 valence electrons. The van der Waals surface area contributed by atoms with Crippen molar-refractivity contribution < 1.29 is 19.1 Å². The van der Waals surface area contributed by atoms with Gasteiger partial charge in [-0.1, -0.05) is 24.3 Å². The molecule has 0 spiro atoms. The third-order valence-corrected chi connectivity index (χ3v) is 5.44. The van der Waals surface area contributed by atoms with E-state index in [0.717, 1.165) is 22.4 Å². The first kappa shape index (κ1) is 21.5. The quantitative estimate of drug-likeness (QED) is 0.543. The SMILES string of the molecule is Cc1ccc(OCC(=O)OCc2csc(CC(=O)Nc3ccccc3C)n2)cc1C. The van der Waals surface area contributed by atoms with Gasteiger partial charge in [-0.3, -0.25) is 4.79 Å². The first-order valence-electron chi connectivity index (χ1n) is 9.55. The highest BCUT2D eigenvalue weighted by Gasteiger charge is 2.11. The van der Waals surface area contributed by atoms with E-state index in [1.165, 1.54) is 11.3 Å². The van der Waals surface area contributed by atoms with Crippen LogP contribution in [-0.4, -0.2) is 23.5 Å².